The summed E-state index contributed by atoms with van der Waals surface area (Å²) in [4.78, 5) is 23.7. The maximum atomic E-state index is 11.9. The van der Waals surface area contributed by atoms with Crippen molar-refractivity contribution >= 4 is 52.6 Å². The number of benzene rings is 2. The minimum Gasteiger partial charge on any atom is -0.462 e. The SMILES string of the molecule is CCCOC(=O)c1ccc(NC(=S)NC(=O)/C=C/c2ccccc2Cl)cc1. The largest absolute Gasteiger partial charge is 0.462 e. The van der Waals surface area contributed by atoms with E-state index in [1.165, 1.54) is 6.08 Å². The molecule has 0 atom stereocenters. The molecule has 0 saturated carbocycles. The highest BCUT2D eigenvalue weighted by atomic mass is 35.5. The van der Waals surface area contributed by atoms with Crippen LogP contribution in [-0.2, 0) is 9.53 Å². The van der Waals surface area contributed by atoms with E-state index >= 15 is 0 Å². The van der Waals surface area contributed by atoms with Gasteiger partial charge in [-0.25, -0.2) is 4.79 Å². The molecule has 0 radical (unpaired) electrons. The van der Waals surface area contributed by atoms with Crippen molar-refractivity contribution in [2.75, 3.05) is 11.9 Å². The first-order chi connectivity index (χ1) is 13.0. The summed E-state index contributed by atoms with van der Waals surface area (Å²) in [5.41, 5.74) is 1.83. The van der Waals surface area contributed by atoms with Gasteiger partial charge in [-0.15, -0.1) is 0 Å². The highest BCUT2D eigenvalue weighted by molar-refractivity contribution is 7.80. The Kier molecular flexibility index (Phi) is 7.98. The summed E-state index contributed by atoms with van der Waals surface area (Å²) in [5.74, 6) is -0.754. The average molecular weight is 403 g/mol. The molecule has 0 fully saturated rings. The second-order valence-corrected chi connectivity index (χ2v) is 6.33. The van der Waals surface area contributed by atoms with Crippen LogP contribution in [0.25, 0.3) is 6.08 Å². The molecule has 0 aliphatic carbocycles. The van der Waals surface area contributed by atoms with Crippen LogP contribution in [-0.4, -0.2) is 23.6 Å². The Balaban J connectivity index is 1.87. The van der Waals surface area contributed by atoms with Crippen molar-refractivity contribution in [1.29, 1.82) is 0 Å². The molecule has 5 nitrogen and oxygen atoms in total. The molecule has 2 aromatic rings. The highest BCUT2D eigenvalue weighted by Gasteiger charge is 2.07. The average Bonchev–Trinajstić information content (AvgIpc) is 2.66. The number of nitrogens with one attached hydrogen (secondary N) is 2. The van der Waals surface area contributed by atoms with Gasteiger partial charge >= 0.3 is 5.97 Å². The van der Waals surface area contributed by atoms with Crippen molar-refractivity contribution in [3.05, 3.63) is 70.8 Å². The van der Waals surface area contributed by atoms with Crippen LogP contribution in [0.4, 0.5) is 5.69 Å². The number of ether oxygens (including phenoxy) is 1. The van der Waals surface area contributed by atoms with Crippen molar-refractivity contribution in [3.63, 3.8) is 0 Å². The number of esters is 1. The lowest BCUT2D eigenvalue weighted by Crippen LogP contribution is -2.32. The van der Waals surface area contributed by atoms with Crippen molar-refractivity contribution in [2.24, 2.45) is 0 Å². The quantitative estimate of drug-likeness (QED) is 0.425. The molecule has 0 bridgehead atoms. The number of hydrogen-bond acceptors (Lipinski definition) is 4. The molecule has 7 heteroatoms. The van der Waals surface area contributed by atoms with Gasteiger partial charge in [-0.2, -0.15) is 0 Å². The van der Waals surface area contributed by atoms with E-state index < -0.39 is 0 Å². The van der Waals surface area contributed by atoms with E-state index in [0.717, 1.165) is 12.0 Å². The fourth-order valence-corrected chi connectivity index (χ4v) is 2.48. The minimum absolute atomic E-state index is 0.144. The van der Waals surface area contributed by atoms with Crippen molar-refractivity contribution in [2.45, 2.75) is 13.3 Å². The fraction of sp³-hybridized carbons (Fsp3) is 0.150. The van der Waals surface area contributed by atoms with E-state index in [0.29, 0.717) is 22.9 Å². The Labute approximate surface area is 168 Å². The summed E-state index contributed by atoms with van der Waals surface area (Å²) >= 11 is 11.1. The van der Waals surface area contributed by atoms with Gasteiger partial charge in [0.1, 0.15) is 0 Å². The zero-order valence-corrected chi connectivity index (χ0v) is 16.3. The van der Waals surface area contributed by atoms with Crippen LogP contribution in [0.2, 0.25) is 5.02 Å². The van der Waals surface area contributed by atoms with Gasteiger partial charge in [0.15, 0.2) is 5.11 Å². The zero-order chi connectivity index (χ0) is 19.6. The predicted octanol–water partition coefficient (Wildman–Crippen LogP) is 4.43. The zero-order valence-electron chi connectivity index (χ0n) is 14.7. The molecule has 2 aromatic carbocycles. The van der Waals surface area contributed by atoms with Crippen LogP contribution in [0.1, 0.15) is 29.3 Å². The highest BCUT2D eigenvalue weighted by Crippen LogP contribution is 2.16. The van der Waals surface area contributed by atoms with Gasteiger partial charge < -0.3 is 10.1 Å². The van der Waals surface area contributed by atoms with Crippen molar-refractivity contribution < 1.29 is 14.3 Å². The first-order valence-corrected chi connectivity index (χ1v) is 9.10. The Bertz CT molecular complexity index is 851. The lowest BCUT2D eigenvalue weighted by atomic mass is 10.2. The Morgan fingerprint density at radius 1 is 1.15 bits per heavy atom. The molecular weight excluding hydrogens is 384 g/mol. The maximum absolute atomic E-state index is 11.9. The van der Waals surface area contributed by atoms with Crippen LogP contribution in [0.3, 0.4) is 0 Å². The molecule has 0 saturated heterocycles. The van der Waals surface area contributed by atoms with Gasteiger partial charge in [0.05, 0.1) is 12.2 Å². The third-order valence-corrected chi connectivity index (χ3v) is 3.92. The van der Waals surface area contributed by atoms with Gasteiger partial charge in [-0.3, -0.25) is 10.1 Å². The molecule has 0 heterocycles. The lowest BCUT2D eigenvalue weighted by molar-refractivity contribution is -0.115. The number of hydrogen-bond donors (Lipinski definition) is 2. The maximum Gasteiger partial charge on any atom is 0.338 e. The Morgan fingerprint density at radius 3 is 2.52 bits per heavy atom. The van der Waals surface area contributed by atoms with Crippen LogP contribution in [0, 0.1) is 0 Å². The summed E-state index contributed by atoms with van der Waals surface area (Å²) in [5, 5.41) is 6.12. The van der Waals surface area contributed by atoms with Crippen molar-refractivity contribution in [1.82, 2.24) is 5.32 Å². The van der Waals surface area contributed by atoms with Gasteiger partial charge in [-0.1, -0.05) is 36.7 Å². The third kappa shape index (κ3) is 6.84. The standard InChI is InChI=1S/C20H19ClN2O3S/c1-2-13-26-19(25)15-7-10-16(11-8-15)22-20(27)23-18(24)12-9-14-5-3-4-6-17(14)21/h3-12H,2,13H2,1H3,(H2,22,23,24,27)/b12-9+. The summed E-state index contributed by atoms with van der Waals surface area (Å²) in [6.07, 6.45) is 3.73. The number of halogens is 1. The molecule has 2 N–H and O–H groups in total. The molecule has 0 aliphatic rings. The fourth-order valence-electron chi connectivity index (χ4n) is 2.06. The lowest BCUT2D eigenvalue weighted by Gasteiger charge is -2.09. The first-order valence-electron chi connectivity index (χ1n) is 8.31. The van der Waals surface area contributed by atoms with Crippen LogP contribution < -0.4 is 10.6 Å². The topological polar surface area (TPSA) is 67.4 Å². The Morgan fingerprint density at radius 2 is 1.85 bits per heavy atom. The van der Waals surface area contributed by atoms with Crippen LogP contribution in [0.5, 0.6) is 0 Å². The van der Waals surface area contributed by atoms with Gasteiger partial charge in [0.25, 0.3) is 0 Å². The van der Waals surface area contributed by atoms with Gasteiger partial charge in [0, 0.05) is 16.8 Å². The van der Waals surface area contributed by atoms with Crippen LogP contribution >= 0.6 is 23.8 Å². The van der Waals surface area contributed by atoms with E-state index in [9.17, 15) is 9.59 Å². The van der Waals surface area contributed by atoms with E-state index in [4.69, 9.17) is 28.6 Å². The minimum atomic E-state index is -0.382. The summed E-state index contributed by atoms with van der Waals surface area (Å²) in [6.45, 7) is 2.32. The van der Waals surface area contributed by atoms with E-state index in [1.54, 1.807) is 42.5 Å². The normalized spacial score (nSPS) is 10.4. The molecular formula is C20H19ClN2O3S. The number of rotatable bonds is 6. The number of anilines is 1. The number of carbonyl (C=O) groups is 2. The van der Waals surface area contributed by atoms with Gasteiger partial charge in [0.2, 0.25) is 5.91 Å². The number of amides is 1. The predicted molar refractivity (Wildman–Crippen MR) is 112 cm³/mol. The smallest absolute Gasteiger partial charge is 0.338 e. The molecule has 0 aliphatic heterocycles. The molecule has 1 amide bonds. The van der Waals surface area contributed by atoms with Gasteiger partial charge in [-0.05, 0) is 60.6 Å². The van der Waals surface area contributed by atoms with Crippen LogP contribution in [0.15, 0.2) is 54.6 Å². The number of carbonyl (C=O) groups excluding carboxylic acids is 2. The Hall–Kier alpha value is -2.70. The molecule has 0 unspecified atom stereocenters. The monoisotopic (exact) mass is 402 g/mol. The number of thiocarbonyl (C=S) groups is 1. The van der Waals surface area contributed by atoms with E-state index in [-0.39, 0.29) is 17.0 Å². The molecule has 0 aromatic heterocycles. The first kappa shape index (κ1) is 20.6. The summed E-state index contributed by atoms with van der Waals surface area (Å²) in [7, 11) is 0. The van der Waals surface area contributed by atoms with E-state index in [1.807, 2.05) is 19.1 Å². The summed E-state index contributed by atoms with van der Waals surface area (Å²) < 4.78 is 5.06. The molecule has 2 rings (SSSR count). The van der Waals surface area contributed by atoms with E-state index in [2.05, 4.69) is 10.6 Å². The third-order valence-electron chi connectivity index (χ3n) is 3.37. The summed E-state index contributed by atoms with van der Waals surface area (Å²) in [6, 6.07) is 13.8. The second-order valence-electron chi connectivity index (χ2n) is 5.51. The molecule has 140 valence electrons. The molecule has 0 spiro atoms. The molecule has 27 heavy (non-hydrogen) atoms. The second kappa shape index (κ2) is 10.4. The van der Waals surface area contributed by atoms with Crippen molar-refractivity contribution in [3.8, 4) is 0 Å².